The molecule has 0 saturated carbocycles. The second-order valence-electron chi connectivity index (χ2n) is 5.90. The number of halogens is 3. The summed E-state index contributed by atoms with van der Waals surface area (Å²) in [6.07, 6.45) is 0. The van der Waals surface area contributed by atoms with Crippen LogP contribution in [0.15, 0.2) is 42.5 Å². The van der Waals surface area contributed by atoms with Gasteiger partial charge < -0.3 is 10.2 Å². The summed E-state index contributed by atoms with van der Waals surface area (Å²) in [5.74, 6) is -0.452. The van der Waals surface area contributed by atoms with Crippen molar-refractivity contribution in [3.05, 3.63) is 68.7 Å². The minimum atomic E-state index is -0.630. The highest BCUT2D eigenvalue weighted by Gasteiger charge is 2.23. The molecule has 2 amide bonds. The standard InChI is InChI=1S/C19H19Cl3N2O2/c1-12(19(26)23-10-15-5-8-17(21)9-18(15)22)24(13(2)25)11-14-3-6-16(20)7-4-14/h3-9,12H,10-11H2,1-2H3,(H,23,26)/t12-/m1/s1. The molecule has 1 atom stereocenters. The van der Waals surface area contributed by atoms with E-state index in [4.69, 9.17) is 34.8 Å². The molecule has 0 heterocycles. The molecule has 0 radical (unpaired) electrons. The van der Waals surface area contributed by atoms with E-state index >= 15 is 0 Å². The van der Waals surface area contributed by atoms with Crippen LogP contribution in [0.25, 0.3) is 0 Å². The maximum absolute atomic E-state index is 12.5. The van der Waals surface area contributed by atoms with E-state index in [-0.39, 0.29) is 18.4 Å². The maximum atomic E-state index is 12.5. The molecular formula is C19H19Cl3N2O2. The van der Waals surface area contributed by atoms with E-state index in [0.717, 1.165) is 11.1 Å². The van der Waals surface area contributed by atoms with Crippen LogP contribution >= 0.6 is 34.8 Å². The quantitative estimate of drug-likeness (QED) is 0.746. The van der Waals surface area contributed by atoms with Crippen LogP contribution < -0.4 is 5.32 Å². The molecule has 2 aromatic rings. The summed E-state index contributed by atoms with van der Waals surface area (Å²) in [4.78, 5) is 26.0. The van der Waals surface area contributed by atoms with Gasteiger partial charge in [0.1, 0.15) is 6.04 Å². The Kier molecular flexibility index (Phi) is 7.33. The van der Waals surface area contributed by atoms with Crippen LogP contribution in [-0.4, -0.2) is 22.8 Å². The van der Waals surface area contributed by atoms with Crippen LogP contribution in [0.1, 0.15) is 25.0 Å². The smallest absolute Gasteiger partial charge is 0.242 e. The van der Waals surface area contributed by atoms with Gasteiger partial charge in [0.05, 0.1) is 0 Å². The third-order valence-electron chi connectivity index (χ3n) is 3.99. The number of hydrogen-bond acceptors (Lipinski definition) is 2. The highest BCUT2D eigenvalue weighted by atomic mass is 35.5. The van der Waals surface area contributed by atoms with Gasteiger partial charge in [0.2, 0.25) is 11.8 Å². The Morgan fingerprint density at radius 2 is 1.65 bits per heavy atom. The van der Waals surface area contributed by atoms with Gasteiger partial charge >= 0.3 is 0 Å². The average Bonchev–Trinajstić information content (AvgIpc) is 2.59. The lowest BCUT2D eigenvalue weighted by Crippen LogP contribution is -2.46. The van der Waals surface area contributed by atoms with Crippen molar-refractivity contribution < 1.29 is 9.59 Å². The molecular weight excluding hydrogens is 395 g/mol. The molecule has 0 spiro atoms. The van der Waals surface area contributed by atoms with Gasteiger partial charge in [-0.05, 0) is 42.3 Å². The van der Waals surface area contributed by atoms with Gasteiger partial charge in [-0.3, -0.25) is 9.59 Å². The molecule has 1 N–H and O–H groups in total. The van der Waals surface area contributed by atoms with E-state index in [1.165, 1.54) is 11.8 Å². The molecule has 26 heavy (non-hydrogen) atoms. The molecule has 2 aromatic carbocycles. The van der Waals surface area contributed by atoms with Gasteiger partial charge in [0.25, 0.3) is 0 Å². The second kappa shape index (κ2) is 9.26. The first-order valence-electron chi connectivity index (χ1n) is 8.01. The minimum Gasteiger partial charge on any atom is -0.350 e. The third-order valence-corrected chi connectivity index (χ3v) is 4.82. The lowest BCUT2D eigenvalue weighted by molar-refractivity contribution is -0.139. The first kappa shape index (κ1) is 20.6. The molecule has 0 aliphatic rings. The number of nitrogens with one attached hydrogen (secondary N) is 1. The van der Waals surface area contributed by atoms with E-state index in [1.54, 1.807) is 37.3 Å². The van der Waals surface area contributed by atoms with Gasteiger partial charge in [0, 0.05) is 35.1 Å². The van der Waals surface area contributed by atoms with Crippen molar-refractivity contribution >= 4 is 46.6 Å². The number of carbonyl (C=O) groups excluding carboxylic acids is 2. The third kappa shape index (κ3) is 5.63. The highest BCUT2D eigenvalue weighted by molar-refractivity contribution is 6.35. The van der Waals surface area contributed by atoms with Gasteiger partial charge in [-0.15, -0.1) is 0 Å². The Morgan fingerprint density at radius 3 is 2.23 bits per heavy atom. The van der Waals surface area contributed by atoms with E-state index in [9.17, 15) is 9.59 Å². The predicted molar refractivity (Wildman–Crippen MR) is 105 cm³/mol. The molecule has 0 unspecified atom stereocenters. The Morgan fingerprint density at radius 1 is 1.04 bits per heavy atom. The van der Waals surface area contributed by atoms with Gasteiger partial charge in [-0.25, -0.2) is 0 Å². The van der Waals surface area contributed by atoms with Crippen molar-refractivity contribution in [2.24, 2.45) is 0 Å². The van der Waals surface area contributed by atoms with Crippen molar-refractivity contribution in [2.75, 3.05) is 0 Å². The average molecular weight is 414 g/mol. The number of amides is 2. The number of rotatable bonds is 6. The Balaban J connectivity index is 2.02. The van der Waals surface area contributed by atoms with Crippen LogP contribution in [0.5, 0.6) is 0 Å². The van der Waals surface area contributed by atoms with Gasteiger partial charge in [-0.2, -0.15) is 0 Å². The fourth-order valence-corrected chi connectivity index (χ4v) is 3.05. The van der Waals surface area contributed by atoms with Crippen LogP contribution in [0.2, 0.25) is 15.1 Å². The summed E-state index contributed by atoms with van der Waals surface area (Å²) in [5, 5.41) is 4.44. The Labute approximate surface area is 168 Å². The number of carbonyl (C=O) groups is 2. The molecule has 0 saturated heterocycles. The van der Waals surface area contributed by atoms with Crippen LogP contribution in [0, 0.1) is 0 Å². The summed E-state index contributed by atoms with van der Waals surface area (Å²) < 4.78 is 0. The van der Waals surface area contributed by atoms with Crippen molar-refractivity contribution in [2.45, 2.75) is 33.0 Å². The normalized spacial score (nSPS) is 11.7. The van der Waals surface area contributed by atoms with Crippen LogP contribution in [-0.2, 0) is 22.7 Å². The van der Waals surface area contributed by atoms with Crippen molar-refractivity contribution in [3.8, 4) is 0 Å². The molecule has 0 aromatic heterocycles. The largest absolute Gasteiger partial charge is 0.350 e. The zero-order valence-corrected chi connectivity index (χ0v) is 16.7. The number of benzene rings is 2. The fraction of sp³-hybridized carbons (Fsp3) is 0.263. The van der Waals surface area contributed by atoms with E-state index in [2.05, 4.69) is 5.32 Å². The van der Waals surface area contributed by atoms with E-state index < -0.39 is 6.04 Å². The maximum Gasteiger partial charge on any atom is 0.242 e. The SMILES string of the molecule is CC(=O)N(Cc1ccc(Cl)cc1)[C@H](C)C(=O)NCc1ccc(Cl)cc1Cl. The van der Waals surface area contributed by atoms with E-state index in [1.807, 2.05) is 12.1 Å². The molecule has 138 valence electrons. The predicted octanol–water partition coefficient (Wildman–Crippen LogP) is 4.70. The lowest BCUT2D eigenvalue weighted by atomic mass is 10.1. The Hall–Kier alpha value is -1.75. The fourth-order valence-electron chi connectivity index (χ4n) is 2.44. The zero-order chi connectivity index (χ0) is 19.3. The minimum absolute atomic E-state index is 0.188. The molecule has 0 bridgehead atoms. The van der Waals surface area contributed by atoms with Crippen molar-refractivity contribution in [1.29, 1.82) is 0 Å². The second-order valence-corrected chi connectivity index (χ2v) is 7.18. The first-order chi connectivity index (χ1) is 12.3. The van der Waals surface area contributed by atoms with E-state index in [0.29, 0.717) is 21.6 Å². The molecule has 0 aliphatic heterocycles. The van der Waals surface area contributed by atoms with Crippen LogP contribution in [0.3, 0.4) is 0 Å². The first-order valence-corrected chi connectivity index (χ1v) is 9.14. The topological polar surface area (TPSA) is 49.4 Å². The summed E-state index contributed by atoms with van der Waals surface area (Å²) in [6.45, 7) is 3.71. The number of nitrogens with zero attached hydrogens (tertiary/aromatic N) is 1. The zero-order valence-electron chi connectivity index (χ0n) is 14.4. The molecule has 0 fully saturated rings. The molecule has 2 rings (SSSR count). The molecule has 4 nitrogen and oxygen atoms in total. The highest BCUT2D eigenvalue weighted by Crippen LogP contribution is 2.21. The van der Waals surface area contributed by atoms with Crippen LogP contribution in [0.4, 0.5) is 0 Å². The summed E-state index contributed by atoms with van der Waals surface area (Å²) in [5.41, 5.74) is 1.65. The van der Waals surface area contributed by atoms with Gasteiger partial charge in [0.15, 0.2) is 0 Å². The molecule has 7 heteroatoms. The summed E-state index contributed by atoms with van der Waals surface area (Å²) in [7, 11) is 0. The monoisotopic (exact) mass is 412 g/mol. The summed E-state index contributed by atoms with van der Waals surface area (Å²) >= 11 is 17.9. The summed E-state index contributed by atoms with van der Waals surface area (Å²) in [6, 6.07) is 11.6. The van der Waals surface area contributed by atoms with Crippen molar-refractivity contribution in [3.63, 3.8) is 0 Å². The lowest BCUT2D eigenvalue weighted by Gasteiger charge is -2.27. The van der Waals surface area contributed by atoms with Gasteiger partial charge in [-0.1, -0.05) is 53.0 Å². The molecule has 0 aliphatic carbocycles. The van der Waals surface area contributed by atoms with Crippen molar-refractivity contribution in [1.82, 2.24) is 10.2 Å². The Bertz CT molecular complexity index is 794. The number of hydrogen-bond donors (Lipinski definition) is 1.